The van der Waals surface area contributed by atoms with Crippen molar-refractivity contribution in [3.05, 3.63) is 0 Å². The Balaban J connectivity index is 2.21. The van der Waals surface area contributed by atoms with Gasteiger partial charge < -0.3 is 15.5 Å². The zero-order valence-corrected chi connectivity index (χ0v) is 13.9. The summed E-state index contributed by atoms with van der Waals surface area (Å²) in [6, 6.07) is 0. The zero-order valence-electron chi connectivity index (χ0n) is 13.1. The Bertz CT molecular complexity index is 404. The van der Waals surface area contributed by atoms with Gasteiger partial charge in [0.2, 0.25) is 15.9 Å². The second-order valence-electron chi connectivity index (χ2n) is 5.14. The van der Waals surface area contributed by atoms with Crippen LogP contribution >= 0.6 is 0 Å². The number of hydrogen-bond acceptors (Lipinski definition) is 5. The van der Waals surface area contributed by atoms with Crippen LogP contribution in [0.2, 0.25) is 0 Å². The fourth-order valence-corrected chi connectivity index (χ4v) is 3.79. The van der Waals surface area contributed by atoms with E-state index >= 15 is 0 Å². The van der Waals surface area contributed by atoms with Crippen molar-refractivity contribution in [1.29, 1.82) is 0 Å². The van der Waals surface area contributed by atoms with Crippen LogP contribution in [0, 0.1) is 0 Å². The van der Waals surface area contributed by atoms with Gasteiger partial charge in [-0.05, 0) is 13.0 Å². The Morgan fingerprint density at radius 3 is 2.43 bits per heavy atom. The van der Waals surface area contributed by atoms with Crippen LogP contribution in [-0.4, -0.2) is 81.6 Å². The van der Waals surface area contributed by atoms with Crippen LogP contribution in [0.5, 0.6) is 0 Å². The molecule has 1 fully saturated rings. The Morgan fingerprint density at radius 1 is 1.24 bits per heavy atom. The van der Waals surface area contributed by atoms with Crippen LogP contribution in [0.15, 0.2) is 0 Å². The topological polar surface area (TPSA) is 81.8 Å². The van der Waals surface area contributed by atoms with Crippen molar-refractivity contribution in [2.75, 3.05) is 58.1 Å². The van der Waals surface area contributed by atoms with E-state index in [1.54, 1.807) is 13.8 Å². The molecule has 1 saturated heterocycles. The van der Waals surface area contributed by atoms with Crippen LogP contribution in [0.4, 0.5) is 0 Å². The van der Waals surface area contributed by atoms with E-state index in [0.29, 0.717) is 19.6 Å². The molecule has 8 heteroatoms. The van der Waals surface area contributed by atoms with Gasteiger partial charge in [-0.3, -0.25) is 4.79 Å². The quantitative estimate of drug-likeness (QED) is 0.537. The molecule has 7 nitrogen and oxygen atoms in total. The molecule has 1 heterocycles. The maximum absolute atomic E-state index is 11.9. The Hall–Kier alpha value is -0.700. The van der Waals surface area contributed by atoms with E-state index in [1.165, 1.54) is 4.31 Å². The van der Waals surface area contributed by atoms with Gasteiger partial charge in [-0.2, -0.15) is 0 Å². The monoisotopic (exact) mass is 320 g/mol. The van der Waals surface area contributed by atoms with Crippen molar-refractivity contribution in [2.45, 2.75) is 20.3 Å². The molecule has 124 valence electrons. The van der Waals surface area contributed by atoms with E-state index < -0.39 is 21.7 Å². The van der Waals surface area contributed by atoms with Gasteiger partial charge in [0.25, 0.3) is 0 Å². The van der Waals surface area contributed by atoms with E-state index in [1.807, 2.05) is 0 Å². The molecule has 1 aliphatic rings. The van der Waals surface area contributed by atoms with Crippen molar-refractivity contribution in [3.63, 3.8) is 0 Å². The second kappa shape index (κ2) is 9.34. The summed E-state index contributed by atoms with van der Waals surface area (Å²) in [6.45, 7) is 9.88. The first-order valence-corrected chi connectivity index (χ1v) is 9.28. The summed E-state index contributed by atoms with van der Waals surface area (Å²) < 4.78 is 25.2. The lowest BCUT2D eigenvalue weighted by atomic mass is 10.3. The lowest BCUT2D eigenvalue weighted by Crippen LogP contribution is -2.44. The molecule has 1 aliphatic heterocycles. The van der Waals surface area contributed by atoms with Crippen LogP contribution < -0.4 is 10.6 Å². The number of nitrogens with one attached hydrogen (secondary N) is 2. The molecular weight excluding hydrogens is 292 g/mol. The largest absolute Gasteiger partial charge is 0.355 e. The number of carbonyl (C=O) groups is 1. The summed E-state index contributed by atoms with van der Waals surface area (Å²) in [5, 5.41) is 5.98. The molecule has 0 atom stereocenters. The van der Waals surface area contributed by atoms with E-state index in [4.69, 9.17) is 0 Å². The molecule has 0 spiro atoms. The van der Waals surface area contributed by atoms with Crippen molar-refractivity contribution < 1.29 is 13.2 Å². The summed E-state index contributed by atoms with van der Waals surface area (Å²) in [4.78, 5) is 14.0. The molecule has 2 N–H and O–H groups in total. The summed E-state index contributed by atoms with van der Waals surface area (Å²) in [5.41, 5.74) is 0. The minimum Gasteiger partial charge on any atom is -0.355 e. The van der Waals surface area contributed by atoms with Crippen LogP contribution in [-0.2, 0) is 14.8 Å². The fourth-order valence-electron chi connectivity index (χ4n) is 2.39. The van der Waals surface area contributed by atoms with Crippen molar-refractivity contribution in [3.8, 4) is 0 Å². The first-order valence-electron chi connectivity index (χ1n) is 7.67. The second-order valence-corrected chi connectivity index (χ2v) is 7.10. The molecule has 1 rings (SSSR count). The average molecular weight is 320 g/mol. The first kappa shape index (κ1) is 18.3. The number of rotatable bonds is 9. The van der Waals surface area contributed by atoms with Crippen LogP contribution in [0.1, 0.15) is 20.3 Å². The number of sulfonamides is 1. The molecular formula is C13H28N4O3S. The lowest BCUT2D eigenvalue weighted by Gasteiger charge is -2.27. The normalized spacial score (nSPS) is 17.1. The van der Waals surface area contributed by atoms with Crippen molar-refractivity contribution >= 4 is 15.9 Å². The maximum atomic E-state index is 11.9. The van der Waals surface area contributed by atoms with Crippen molar-refractivity contribution in [2.24, 2.45) is 0 Å². The van der Waals surface area contributed by atoms with Gasteiger partial charge in [0.15, 0.2) is 0 Å². The highest BCUT2D eigenvalue weighted by Crippen LogP contribution is 2.00. The average Bonchev–Trinajstić information content (AvgIpc) is 2.45. The predicted molar refractivity (Wildman–Crippen MR) is 83.6 cm³/mol. The van der Waals surface area contributed by atoms with E-state index in [0.717, 1.165) is 39.1 Å². The minimum atomic E-state index is -3.48. The molecule has 0 aromatic heterocycles. The van der Waals surface area contributed by atoms with Crippen LogP contribution in [0.3, 0.4) is 0 Å². The van der Waals surface area contributed by atoms with Gasteiger partial charge in [0.05, 0.1) is 0 Å². The van der Waals surface area contributed by atoms with Gasteiger partial charge in [-0.15, -0.1) is 0 Å². The molecule has 0 unspecified atom stereocenters. The third-order valence-electron chi connectivity index (χ3n) is 3.60. The van der Waals surface area contributed by atoms with Gasteiger partial charge in [0.1, 0.15) is 5.75 Å². The van der Waals surface area contributed by atoms with Gasteiger partial charge >= 0.3 is 0 Å². The first-order chi connectivity index (χ1) is 9.99. The lowest BCUT2D eigenvalue weighted by molar-refractivity contribution is -0.118. The molecule has 0 aromatic carbocycles. The summed E-state index contributed by atoms with van der Waals surface area (Å²) >= 11 is 0. The molecule has 0 aliphatic carbocycles. The molecule has 0 bridgehead atoms. The maximum Gasteiger partial charge on any atom is 0.236 e. The predicted octanol–water partition coefficient (Wildman–Crippen LogP) is -0.930. The summed E-state index contributed by atoms with van der Waals surface area (Å²) in [7, 11) is -3.48. The molecule has 21 heavy (non-hydrogen) atoms. The summed E-state index contributed by atoms with van der Waals surface area (Å²) in [6.07, 6.45) is 0.844. The van der Waals surface area contributed by atoms with Crippen LogP contribution in [0.25, 0.3) is 0 Å². The Kier molecular flexibility index (Phi) is 8.16. The Morgan fingerprint density at radius 2 is 1.86 bits per heavy atom. The number of hydrogen-bond donors (Lipinski definition) is 2. The number of carbonyl (C=O) groups excluding carboxylic acids is 1. The van der Waals surface area contributed by atoms with E-state index in [9.17, 15) is 13.2 Å². The SMILES string of the molecule is CCN(CC)S(=O)(=O)CC(=O)NCCCN1CCNCC1. The minimum absolute atomic E-state index is 0.398. The van der Waals surface area contributed by atoms with Gasteiger partial charge in [-0.1, -0.05) is 13.8 Å². The molecule has 0 radical (unpaired) electrons. The molecule has 1 amide bonds. The van der Waals surface area contributed by atoms with Crippen molar-refractivity contribution in [1.82, 2.24) is 19.8 Å². The highest BCUT2D eigenvalue weighted by atomic mass is 32.2. The summed E-state index contributed by atoms with van der Waals surface area (Å²) in [5.74, 6) is -0.871. The highest BCUT2D eigenvalue weighted by Gasteiger charge is 2.22. The number of amides is 1. The van der Waals surface area contributed by atoms with E-state index in [2.05, 4.69) is 15.5 Å². The fraction of sp³-hybridized carbons (Fsp3) is 0.923. The van der Waals surface area contributed by atoms with Gasteiger partial charge in [-0.25, -0.2) is 12.7 Å². The molecule has 0 saturated carbocycles. The third-order valence-corrected chi connectivity index (χ3v) is 5.53. The number of nitrogens with zero attached hydrogens (tertiary/aromatic N) is 2. The van der Waals surface area contributed by atoms with Gasteiger partial charge in [0, 0.05) is 45.8 Å². The number of piperazine rings is 1. The highest BCUT2D eigenvalue weighted by molar-refractivity contribution is 7.89. The Labute approximate surface area is 128 Å². The standard InChI is InChI=1S/C13H28N4O3S/c1-3-17(4-2)21(19,20)12-13(18)15-6-5-9-16-10-7-14-8-11-16/h14H,3-12H2,1-2H3,(H,15,18). The molecule has 0 aromatic rings. The third kappa shape index (κ3) is 6.73. The zero-order chi connectivity index (χ0) is 15.7. The van der Waals surface area contributed by atoms with E-state index in [-0.39, 0.29) is 0 Å². The smallest absolute Gasteiger partial charge is 0.236 e.